The lowest BCUT2D eigenvalue weighted by Crippen LogP contribution is -2.37. The number of halogens is 3. The van der Waals surface area contributed by atoms with E-state index in [0.717, 1.165) is 41.9 Å². The Labute approximate surface area is 176 Å². The summed E-state index contributed by atoms with van der Waals surface area (Å²) in [6.45, 7) is 1.45. The minimum atomic E-state index is -4.42. The number of imidazole rings is 1. The summed E-state index contributed by atoms with van der Waals surface area (Å²) >= 11 is 0.962. The summed E-state index contributed by atoms with van der Waals surface area (Å²) in [5.41, 5.74) is 0.433. The van der Waals surface area contributed by atoms with Crippen LogP contribution in [0, 0.1) is 0 Å². The van der Waals surface area contributed by atoms with Gasteiger partial charge in [0, 0.05) is 31.4 Å². The van der Waals surface area contributed by atoms with Crippen LogP contribution in [0.1, 0.15) is 28.5 Å². The third-order valence-electron chi connectivity index (χ3n) is 4.40. The molecule has 30 heavy (non-hydrogen) atoms. The Kier molecular flexibility index (Phi) is 7.45. The number of aliphatic imine (C=N–C) groups is 1. The first-order valence-electron chi connectivity index (χ1n) is 9.46. The van der Waals surface area contributed by atoms with Crippen LogP contribution in [-0.4, -0.2) is 27.5 Å². The zero-order chi connectivity index (χ0) is 21.4. The van der Waals surface area contributed by atoms with E-state index in [9.17, 15) is 13.2 Å². The number of benzene rings is 1. The number of alkyl halides is 3. The predicted octanol–water partition coefficient (Wildman–Crippen LogP) is 3.86. The molecule has 3 aromatic rings. The molecular weight excluding hydrogens is 413 g/mol. The lowest BCUT2D eigenvalue weighted by atomic mass is 10.1. The fourth-order valence-corrected chi connectivity index (χ4v) is 3.61. The van der Waals surface area contributed by atoms with Crippen molar-refractivity contribution in [2.75, 3.05) is 7.05 Å². The van der Waals surface area contributed by atoms with Crippen molar-refractivity contribution in [3.05, 3.63) is 70.2 Å². The molecule has 0 fully saturated rings. The number of nitrogens with one attached hydrogen (secondary N) is 2. The second kappa shape index (κ2) is 10.2. The molecule has 0 aliphatic rings. The van der Waals surface area contributed by atoms with Crippen LogP contribution in [0.25, 0.3) is 0 Å². The molecule has 1 aromatic carbocycles. The second-order valence-electron chi connectivity index (χ2n) is 6.53. The number of thiazole rings is 1. The molecule has 0 aliphatic heterocycles. The molecular formula is C20H23F3N6S. The molecule has 0 aliphatic carbocycles. The van der Waals surface area contributed by atoms with Gasteiger partial charge in [-0.3, -0.25) is 4.99 Å². The topological polar surface area (TPSA) is 67.1 Å². The molecule has 0 radical (unpaired) electrons. The number of nitrogens with zero attached hydrogens (tertiary/aromatic N) is 4. The van der Waals surface area contributed by atoms with Gasteiger partial charge in [-0.2, -0.15) is 13.2 Å². The van der Waals surface area contributed by atoms with Gasteiger partial charge in [-0.1, -0.05) is 30.3 Å². The van der Waals surface area contributed by atoms with Gasteiger partial charge in [-0.05, 0) is 18.4 Å². The summed E-state index contributed by atoms with van der Waals surface area (Å²) in [7, 11) is 1.60. The van der Waals surface area contributed by atoms with Gasteiger partial charge in [0.05, 0.1) is 13.1 Å². The minimum Gasteiger partial charge on any atom is -0.350 e. The Morgan fingerprint density at radius 3 is 2.63 bits per heavy atom. The van der Waals surface area contributed by atoms with E-state index < -0.39 is 11.9 Å². The Bertz CT molecular complexity index is 949. The summed E-state index contributed by atoms with van der Waals surface area (Å²) in [4.78, 5) is 12.1. The molecule has 0 saturated heterocycles. The highest BCUT2D eigenvalue weighted by molar-refractivity contribution is 7.09. The number of aryl methyl sites for hydroxylation is 2. The molecule has 160 valence electrons. The Morgan fingerprint density at radius 1 is 1.17 bits per heavy atom. The third kappa shape index (κ3) is 6.31. The first-order chi connectivity index (χ1) is 14.5. The van der Waals surface area contributed by atoms with Gasteiger partial charge in [-0.15, -0.1) is 11.3 Å². The van der Waals surface area contributed by atoms with Crippen LogP contribution in [0.15, 0.2) is 53.1 Å². The first-order valence-corrected chi connectivity index (χ1v) is 10.3. The molecule has 0 bridgehead atoms. The Morgan fingerprint density at radius 2 is 1.93 bits per heavy atom. The first kappa shape index (κ1) is 21.8. The molecule has 10 heteroatoms. The van der Waals surface area contributed by atoms with E-state index in [1.165, 1.54) is 5.56 Å². The lowest BCUT2D eigenvalue weighted by Gasteiger charge is -2.12. The zero-order valence-corrected chi connectivity index (χ0v) is 17.3. The largest absolute Gasteiger partial charge is 0.434 e. The van der Waals surface area contributed by atoms with Gasteiger partial charge >= 0.3 is 6.18 Å². The molecule has 3 rings (SSSR count). The maximum atomic E-state index is 12.6. The van der Waals surface area contributed by atoms with Crippen LogP contribution in [0.5, 0.6) is 0 Å². The van der Waals surface area contributed by atoms with Crippen LogP contribution < -0.4 is 10.6 Å². The van der Waals surface area contributed by atoms with E-state index in [-0.39, 0.29) is 6.54 Å². The number of rotatable bonds is 8. The lowest BCUT2D eigenvalue weighted by molar-refractivity contribution is -0.140. The number of hydrogen-bond acceptors (Lipinski definition) is 4. The average Bonchev–Trinajstić information content (AvgIpc) is 3.38. The van der Waals surface area contributed by atoms with Crippen molar-refractivity contribution in [1.82, 2.24) is 25.2 Å². The Hall–Kier alpha value is -2.88. The van der Waals surface area contributed by atoms with Crippen LogP contribution in [0.2, 0.25) is 0 Å². The van der Waals surface area contributed by atoms with Crippen molar-refractivity contribution in [1.29, 1.82) is 0 Å². The third-order valence-corrected chi connectivity index (χ3v) is 5.24. The van der Waals surface area contributed by atoms with Gasteiger partial charge in [-0.25, -0.2) is 9.97 Å². The highest BCUT2D eigenvalue weighted by atomic mass is 32.1. The molecule has 0 atom stereocenters. The van der Waals surface area contributed by atoms with Crippen LogP contribution in [0.4, 0.5) is 13.2 Å². The molecule has 0 spiro atoms. The molecule has 2 N–H and O–H groups in total. The minimum absolute atomic E-state index is 0.159. The van der Waals surface area contributed by atoms with Crippen LogP contribution in [-0.2, 0) is 32.2 Å². The quantitative estimate of drug-likeness (QED) is 0.416. The van der Waals surface area contributed by atoms with Crippen molar-refractivity contribution in [3.63, 3.8) is 0 Å². The fraction of sp³-hybridized carbons (Fsp3) is 0.350. The summed E-state index contributed by atoms with van der Waals surface area (Å²) in [6, 6.07) is 10.3. The van der Waals surface area contributed by atoms with E-state index in [2.05, 4.69) is 42.3 Å². The van der Waals surface area contributed by atoms with Gasteiger partial charge in [0.15, 0.2) is 11.7 Å². The van der Waals surface area contributed by atoms with Crippen molar-refractivity contribution < 1.29 is 13.2 Å². The summed E-state index contributed by atoms with van der Waals surface area (Å²) < 4.78 is 40.0. The van der Waals surface area contributed by atoms with Crippen LogP contribution in [0.3, 0.4) is 0 Å². The summed E-state index contributed by atoms with van der Waals surface area (Å²) in [6.07, 6.45) is 1.25. The van der Waals surface area contributed by atoms with Crippen molar-refractivity contribution in [2.45, 2.75) is 38.7 Å². The van der Waals surface area contributed by atoms with Gasteiger partial charge in [0.2, 0.25) is 0 Å². The molecule has 6 nitrogen and oxygen atoms in total. The smallest absolute Gasteiger partial charge is 0.350 e. The zero-order valence-electron chi connectivity index (χ0n) is 16.5. The van der Waals surface area contributed by atoms with Gasteiger partial charge < -0.3 is 15.2 Å². The van der Waals surface area contributed by atoms with Crippen molar-refractivity contribution in [3.8, 4) is 0 Å². The summed E-state index contributed by atoms with van der Waals surface area (Å²) in [5, 5.41) is 7.47. The molecule has 2 heterocycles. The maximum absolute atomic E-state index is 12.6. The van der Waals surface area contributed by atoms with E-state index in [4.69, 9.17) is 0 Å². The van der Waals surface area contributed by atoms with Crippen LogP contribution >= 0.6 is 11.3 Å². The van der Waals surface area contributed by atoms with Gasteiger partial charge in [0.1, 0.15) is 10.8 Å². The average molecular weight is 437 g/mol. The van der Waals surface area contributed by atoms with Gasteiger partial charge in [0.25, 0.3) is 0 Å². The van der Waals surface area contributed by atoms with E-state index in [1.807, 2.05) is 24.4 Å². The fourth-order valence-electron chi connectivity index (χ4n) is 2.87. The molecule has 0 amide bonds. The summed E-state index contributed by atoms with van der Waals surface area (Å²) in [5.74, 6) is 1.33. The SMILES string of the molecule is CN=C(NCc1nc(C(F)(F)F)cs1)NCc1nccn1CCCc1ccccc1. The normalized spacial score (nSPS) is 12.2. The van der Waals surface area contributed by atoms with Crippen molar-refractivity contribution in [2.24, 2.45) is 4.99 Å². The van der Waals surface area contributed by atoms with Crippen molar-refractivity contribution >= 4 is 17.3 Å². The number of hydrogen-bond donors (Lipinski definition) is 2. The highest BCUT2D eigenvalue weighted by Crippen LogP contribution is 2.29. The monoisotopic (exact) mass is 436 g/mol. The number of aromatic nitrogens is 3. The molecule has 0 unspecified atom stereocenters. The van der Waals surface area contributed by atoms with E-state index in [1.54, 1.807) is 13.2 Å². The van der Waals surface area contributed by atoms with E-state index >= 15 is 0 Å². The van der Waals surface area contributed by atoms with E-state index in [0.29, 0.717) is 17.5 Å². The highest BCUT2D eigenvalue weighted by Gasteiger charge is 2.33. The molecule has 0 saturated carbocycles. The maximum Gasteiger partial charge on any atom is 0.434 e. The molecule has 2 aromatic heterocycles. The standard InChI is InChI=1S/C20H23F3N6S/c1-24-19(27-13-18-28-16(14-30-18)20(21,22)23)26-12-17-25-9-11-29(17)10-5-8-15-6-3-2-4-7-15/h2-4,6-7,9,11,14H,5,8,10,12-13H2,1H3,(H2,24,26,27). The number of guanidine groups is 1. The second-order valence-corrected chi connectivity index (χ2v) is 7.47. The Balaban J connectivity index is 1.46. The predicted molar refractivity (Wildman–Crippen MR) is 111 cm³/mol.